The number of anilines is 2. The fraction of sp³-hybridized carbons (Fsp3) is 0.304. The molecule has 9 nitrogen and oxygen atoms in total. The SMILES string of the molecule is COc1cnc(-c2cc(Cl)ccc2F)nc1Nc1ccncc1C(=O)NCC(C)(C)NN(C)C. The molecule has 0 saturated carbocycles. The van der Waals surface area contributed by atoms with Gasteiger partial charge in [-0.15, -0.1) is 0 Å². The number of hydrogen-bond donors (Lipinski definition) is 3. The molecule has 0 spiro atoms. The molecule has 3 N–H and O–H groups in total. The average Bonchev–Trinajstić information content (AvgIpc) is 2.78. The van der Waals surface area contributed by atoms with Crippen LogP contribution >= 0.6 is 11.6 Å². The minimum absolute atomic E-state index is 0.111. The van der Waals surface area contributed by atoms with Gasteiger partial charge in [0, 0.05) is 43.6 Å². The molecule has 2 heterocycles. The largest absolute Gasteiger partial charge is 0.491 e. The van der Waals surface area contributed by atoms with Crippen LogP contribution in [0.5, 0.6) is 5.75 Å². The van der Waals surface area contributed by atoms with E-state index >= 15 is 0 Å². The number of methoxy groups -OCH3 is 1. The normalized spacial score (nSPS) is 11.4. The summed E-state index contributed by atoms with van der Waals surface area (Å²) in [6.45, 7) is 4.31. The van der Waals surface area contributed by atoms with E-state index in [2.05, 4.69) is 31.0 Å². The van der Waals surface area contributed by atoms with Crippen LogP contribution in [0.1, 0.15) is 24.2 Å². The highest BCUT2D eigenvalue weighted by Gasteiger charge is 2.21. The van der Waals surface area contributed by atoms with Crippen molar-refractivity contribution in [3.8, 4) is 17.1 Å². The van der Waals surface area contributed by atoms with E-state index in [-0.39, 0.29) is 28.7 Å². The lowest BCUT2D eigenvalue weighted by Gasteiger charge is -2.30. The van der Waals surface area contributed by atoms with Gasteiger partial charge in [0.1, 0.15) is 5.82 Å². The number of carbonyl (C=O) groups excluding carboxylic acids is 1. The number of hydrogen-bond acceptors (Lipinski definition) is 8. The molecule has 34 heavy (non-hydrogen) atoms. The summed E-state index contributed by atoms with van der Waals surface area (Å²) in [6, 6.07) is 5.77. The molecule has 0 aliphatic heterocycles. The van der Waals surface area contributed by atoms with Crippen LogP contribution in [0.25, 0.3) is 11.4 Å². The Hall–Kier alpha value is -3.34. The summed E-state index contributed by atoms with van der Waals surface area (Å²) in [5, 5.41) is 8.18. The molecule has 0 unspecified atom stereocenters. The molecule has 0 radical (unpaired) electrons. The van der Waals surface area contributed by atoms with Crippen molar-refractivity contribution in [2.45, 2.75) is 19.4 Å². The Balaban J connectivity index is 1.89. The van der Waals surface area contributed by atoms with Crippen molar-refractivity contribution in [3.05, 3.63) is 59.3 Å². The highest BCUT2D eigenvalue weighted by molar-refractivity contribution is 6.30. The summed E-state index contributed by atoms with van der Waals surface area (Å²) in [5.74, 6) is -0.163. The minimum Gasteiger partial charge on any atom is -0.491 e. The van der Waals surface area contributed by atoms with Gasteiger partial charge in [0.15, 0.2) is 17.4 Å². The Morgan fingerprint density at radius 2 is 2.00 bits per heavy atom. The lowest BCUT2D eigenvalue weighted by Crippen LogP contribution is -2.53. The maximum atomic E-state index is 14.4. The van der Waals surface area contributed by atoms with Crippen molar-refractivity contribution >= 4 is 29.0 Å². The van der Waals surface area contributed by atoms with Crippen LogP contribution in [0, 0.1) is 5.82 Å². The highest BCUT2D eigenvalue weighted by Crippen LogP contribution is 2.30. The summed E-state index contributed by atoms with van der Waals surface area (Å²) in [5.41, 5.74) is 3.76. The van der Waals surface area contributed by atoms with E-state index in [0.717, 1.165) is 0 Å². The van der Waals surface area contributed by atoms with Gasteiger partial charge in [-0.3, -0.25) is 14.8 Å². The molecule has 0 atom stereocenters. The van der Waals surface area contributed by atoms with E-state index in [9.17, 15) is 9.18 Å². The van der Waals surface area contributed by atoms with Crippen LogP contribution in [-0.4, -0.2) is 59.2 Å². The van der Waals surface area contributed by atoms with Crippen molar-refractivity contribution in [2.24, 2.45) is 0 Å². The number of halogens is 2. The number of nitrogens with one attached hydrogen (secondary N) is 3. The van der Waals surface area contributed by atoms with Crippen LogP contribution in [0.3, 0.4) is 0 Å². The fourth-order valence-corrected chi connectivity index (χ4v) is 3.43. The molecule has 1 aromatic carbocycles. The van der Waals surface area contributed by atoms with Crippen molar-refractivity contribution in [3.63, 3.8) is 0 Å². The molecule has 2 aromatic heterocycles. The molecule has 0 bridgehead atoms. The molecule has 0 aliphatic carbocycles. The van der Waals surface area contributed by atoms with Gasteiger partial charge in [-0.25, -0.2) is 19.8 Å². The molecule has 3 aromatic rings. The minimum atomic E-state index is -0.515. The predicted octanol–water partition coefficient (Wildman–Crippen LogP) is 3.66. The van der Waals surface area contributed by atoms with Crippen LogP contribution < -0.4 is 20.8 Å². The third-order valence-electron chi connectivity index (χ3n) is 4.68. The number of pyridine rings is 1. The first-order valence-corrected chi connectivity index (χ1v) is 10.8. The summed E-state index contributed by atoms with van der Waals surface area (Å²) >= 11 is 6.02. The quantitative estimate of drug-likeness (QED) is 0.393. The predicted molar refractivity (Wildman–Crippen MR) is 130 cm³/mol. The third kappa shape index (κ3) is 6.37. The third-order valence-corrected chi connectivity index (χ3v) is 4.92. The molecule has 11 heteroatoms. The first-order valence-electron chi connectivity index (χ1n) is 10.4. The number of aromatic nitrogens is 3. The van der Waals surface area contributed by atoms with E-state index in [4.69, 9.17) is 16.3 Å². The number of amides is 1. The van der Waals surface area contributed by atoms with E-state index < -0.39 is 5.82 Å². The lowest BCUT2D eigenvalue weighted by atomic mass is 10.1. The summed E-state index contributed by atoms with van der Waals surface area (Å²) in [4.78, 5) is 25.6. The van der Waals surface area contributed by atoms with Crippen molar-refractivity contribution in [1.82, 2.24) is 30.7 Å². The molecule has 180 valence electrons. The fourth-order valence-electron chi connectivity index (χ4n) is 3.26. The molecular formula is C23H27ClFN7O2. The number of ether oxygens (including phenoxy) is 1. The number of carbonyl (C=O) groups is 1. The van der Waals surface area contributed by atoms with E-state index in [1.54, 1.807) is 12.3 Å². The zero-order chi connectivity index (χ0) is 24.9. The van der Waals surface area contributed by atoms with Gasteiger partial charge < -0.3 is 15.4 Å². The lowest BCUT2D eigenvalue weighted by molar-refractivity contribution is 0.0927. The molecule has 3 rings (SSSR count). The second-order valence-corrected chi connectivity index (χ2v) is 8.79. The number of rotatable bonds is 9. The van der Waals surface area contributed by atoms with Crippen LogP contribution in [-0.2, 0) is 0 Å². The maximum absolute atomic E-state index is 14.4. The molecule has 0 fully saturated rings. The first-order chi connectivity index (χ1) is 16.1. The number of nitrogens with zero attached hydrogens (tertiary/aromatic N) is 4. The van der Waals surface area contributed by atoms with E-state index in [1.165, 1.54) is 37.7 Å². The van der Waals surface area contributed by atoms with Gasteiger partial charge in [-0.2, -0.15) is 0 Å². The smallest absolute Gasteiger partial charge is 0.255 e. The van der Waals surface area contributed by atoms with Gasteiger partial charge in [-0.1, -0.05) is 11.6 Å². The molecular weight excluding hydrogens is 461 g/mol. The van der Waals surface area contributed by atoms with Crippen molar-refractivity contribution in [1.29, 1.82) is 0 Å². The van der Waals surface area contributed by atoms with Crippen LogP contribution in [0.4, 0.5) is 15.9 Å². The molecule has 0 aliphatic rings. The average molecular weight is 488 g/mol. The van der Waals surface area contributed by atoms with Gasteiger partial charge in [0.05, 0.1) is 30.1 Å². The van der Waals surface area contributed by atoms with Gasteiger partial charge in [0.25, 0.3) is 5.91 Å². The highest BCUT2D eigenvalue weighted by atomic mass is 35.5. The Bertz CT molecular complexity index is 1170. The monoisotopic (exact) mass is 487 g/mol. The summed E-state index contributed by atoms with van der Waals surface area (Å²) in [7, 11) is 5.22. The first kappa shape index (κ1) is 25.3. The standard InChI is InChI=1S/C23H27ClFN7O2/c1-23(2,31-32(3)4)13-28-22(33)16-11-26-9-8-18(16)29-21-19(34-5)12-27-20(30-21)15-10-14(24)6-7-17(15)25/h6-12,31H,13H2,1-5H3,(H,28,33)(H,26,27,29,30). The molecule has 0 saturated heterocycles. The maximum Gasteiger partial charge on any atom is 0.255 e. The van der Waals surface area contributed by atoms with Crippen molar-refractivity contribution in [2.75, 3.05) is 33.1 Å². The Morgan fingerprint density at radius 1 is 1.24 bits per heavy atom. The number of hydrazine groups is 1. The van der Waals surface area contributed by atoms with Crippen molar-refractivity contribution < 1.29 is 13.9 Å². The second-order valence-electron chi connectivity index (χ2n) is 8.35. The topological polar surface area (TPSA) is 104 Å². The molecule has 1 amide bonds. The van der Waals surface area contributed by atoms with Crippen LogP contribution in [0.2, 0.25) is 5.02 Å². The van der Waals surface area contributed by atoms with E-state index in [0.29, 0.717) is 28.6 Å². The Kier molecular flexibility index (Phi) is 7.98. The summed E-state index contributed by atoms with van der Waals surface area (Å²) < 4.78 is 19.7. The van der Waals surface area contributed by atoms with Gasteiger partial charge >= 0.3 is 0 Å². The zero-order valence-corrected chi connectivity index (χ0v) is 20.4. The Morgan fingerprint density at radius 3 is 2.71 bits per heavy atom. The zero-order valence-electron chi connectivity index (χ0n) is 19.6. The second kappa shape index (κ2) is 10.7. The Labute approximate surface area is 202 Å². The van der Waals surface area contributed by atoms with Gasteiger partial charge in [-0.05, 0) is 38.1 Å². The van der Waals surface area contributed by atoms with Crippen LogP contribution in [0.15, 0.2) is 42.9 Å². The van der Waals surface area contributed by atoms with E-state index in [1.807, 2.05) is 33.0 Å². The van der Waals surface area contributed by atoms with Gasteiger partial charge in [0.2, 0.25) is 0 Å². The summed E-state index contributed by atoms with van der Waals surface area (Å²) in [6.07, 6.45) is 4.42. The number of benzene rings is 1.